The SMILES string of the molecule is CCCCCCNC(=O)c1ccccc1CN1C(=O)C2(COc3cc4c(cc32)OCO4)c2ccccc21. The van der Waals surface area contributed by atoms with E-state index in [-0.39, 0.29) is 31.8 Å². The van der Waals surface area contributed by atoms with Crippen molar-refractivity contribution in [3.63, 3.8) is 0 Å². The summed E-state index contributed by atoms with van der Waals surface area (Å²) in [5, 5.41) is 3.05. The third-order valence-electron chi connectivity index (χ3n) is 7.55. The normalized spacial score (nSPS) is 18.6. The molecule has 0 aliphatic carbocycles. The van der Waals surface area contributed by atoms with Crippen molar-refractivity contribution in [1.29, 1.82) is 0 Å². The van der Waals surface area contributed by atoms with Crippen molar-refractivity contribution in [2.75, 3.05) is 24.8 Å². The number of nitrogens with one attached hydrogen (secondary N) is 1. The minimum atomic E-state index is -0.969. The van der Waals surface area contributed by atoms with Crippen LogP contribution in [0.2, 0.25) is 0 Å². The first kappa shape index (κ1) is 23.4. The lowest BCUT2D eigenvalue weighted by Gasteiger charge is -2.24. The standard InChI is InChI=1S/C30H30N2O5/c1-2-3-4-9-14-31-28(33)21-11-6-5-10-20(21)17-32-24-13-8-7-12-22(24)30(29(32)34)18-35-25-16-27-26(15-23(25)30)36-19-37-27/h5-8,10-13,15-16H,2-4,9,14,17-19H2,1H3,(H,31,33). The molecule has 7 nitrogen and oxygen atoms in total. The summed E-state index contributed by atoms with van der Waals surface area (Å²) in [4.78, 5) is 29.1. The van der Waals surface area contributed by atoms with Gasteiger partial charge in [0.15, 0.2) is 11.5 Å². The van der Waals surface area contributed by atoms with E-state index in [0.29, 0.717) is 29.4 Å². The van der Waals surface area contributed by atoms with Crippen LogP contribution in [-0.4, -0.2) is 31.8 Å². The fraction of sp³-hybridized carbons (Fsp3) is 0.333. The van der Waals surface area contributed by atoms with E-state index in [2.05, 4.69) is 12.2 Å². The van der Waals surface area contributed by atoms with Crippen LogP contribution in [0.15, 0.2) is 60.7 Å². The summed E-state index contributed by atoms with van der Waals surface area (Å²) in [6.45, 7) is 3.46. The summed E-state index contributed by atoms with van der Waals surface area (Å²) in [7, 11) is 0. The molecule has 0 saturated heterocycles. The van der Waals surface area contributed by atoms with Gasteiger partial charge in [-0.15, -0.1) is 0 Å². The second kappa shape index (κ2) is 9.47. The lowest BCUT2D eigenvalue weighted by molar-refractivity contribution is -0.122. The van der Waals surface area contributed by atoms with Gasteiger partial charge in [0.2, 0.25) is 12.7 Å². The van der Waals surface area contributed by atoms with E-state index in [1.807, 2.05) is 60.7 Å². The highest BCUT2D eigenvalue weighted by molar-refractivity contribution is 6.11. The predicted molar refractivity (Wildman–Crippen MR) is 139 cm³/mol. The molecule has 2 amide bonds. The van der Waals surface area contributed by atoms with Crippen LogP contribution in [0.5, 0.6) is 17.2 Å². The average Bonchev–Trinajstić information content (AvgIpc) is 3.60. The number of carbonyl (C=O) groups excluding carboxylic acids is 2. The van der Waals surface area contributed by atoms with E-state index in [9.17, 15) is 9.59 Å². The van der Waals surface area contributed by atoms with Crippen molar-refractivity contribution >= 4 is 17.5 Å². The molecular formula is C30H30N2O5. The van der Waals surface area contributed by atoms with Crippen LogP contribution >= 0.6 is 0 Å². The average molecular weight is 499 g/mol. The molecule has 0 saturated carbocycles. The predicted octanol–water partition coefficient (Wildman–Crippen LogP) is 4.95. The Balaban J connectivity index is 1.31. The van der Waals surface area contributed by atoms with Crippen LogP contribution in [0.1, 0.15) is 59.7 Å². The number of anilines is 1. The smallest absolute Gasteiger partial charge is 0.251 e. The largest absolute Gasteiger partial charge is 0.491 e. The molecular weight excluding hydrogens is 468 g/mol. The Bertz CT molecular complexity index is 1370. The summed E-state index contributed by atoms with van der Waals surface area (Å²) in [5.41, 5.74) is 2.94. The molecule has 3 aromatic rings. The number of ether oxygens (including phenoxy) is 3. The van der Waals surface area contributed by atoms with E-state index in [4.69, 9.17) is 14.2 Å². The molecule has 3 aliphatic heterocycles. The molecule has 190 valence electrons. The van der Waals surface area contributed by atoms with Crippen LogP contribution in [0.25, 0.3) is 0 Å². The van der Waals surface area contributed by atoms with Crippen molar-refractivity contribution in [2.24, 2.45) is 0 Å². The van der Waals surface area contributed by atoms with Gasteiger partial charge < -0.3 is 24.4 Å². The van der Waals surface area contributed by atoms with Gasteiger partial charge in [0, 0.05) is 29.4 Å². The number of fused-ring (bicyclic) bond motifs is 5. The number of hydrogen-bond donors (Lipinski definition) is 1. The van der Waals surface area contributed by atoms with Gasteiger partial charge in [-0.1, -0.05) is 62.6 Å². The Morgan fingerprint density at radius 2 is 1.70 bits per heavy atom. The molecule has 0 aromatic heterocycles. The highest BCUT2D eigenvalue weighted by Gasteiger charge is 2.57. The second-order valence-electron chi connectivity index (χ2n) is 9.78. The second-order valence-corrected chi connectivity index (χ2v) is 9.78. The summed E-state index contributed by atoms with van der Waals surface area (Å²) in [6, 6.07) is 19.0. The van der Waals surface area contributed by atoms with E-state index < -0.39 is 5.41 Å². The number of amides is 2. The maximum atomic E-state index is 14.3. The van der Waals surface area contributed by atoms with Crippen molar-refractivity contribution in [3.8, 4) is 17.2 Å². The number of nitrogens with zero attached hydrogens (tertiary/aromatic N) is 1. The van der Waals surface area contributed by atoms with Crippen LogP contribution in [0.3, 0.4) is 0 Å². The fourth-order valence-electron chi connectivity index (χ4n) is 5.62. The summed E-state index contributed by atoms with van der Waals surface area (Å²) >= 11 is 0. The van der Waals surface area contributed by atoms with Gasteiger partial charge in [0.25, 0.3) is 5.91 Å². The third kappa shape index (κ3) is 3.80. The van der Waals surface area contributed by atoms with E-state index in [1.165, 1.54) is 6.42 Å². The first-order valence-electron chi connectivity index (χ1n) is 13.0. The fourth-order valence-corrected chi connectivity index (χ4v) is 5.62. The minimum absolute atomic E-state index is 0.0684. The summed E-state index contributed by atoms with van der Waals surface area (Å²) in [5.74, 6) is 1.71. The molecule has 0 bridgehead atoms. The Labute approximate surface area is 216 Å². The molecule has 37 heavy (non-hydrogen) atoms. The molecule has 1 spiro atoms. The number of rotatable bonds is 8. The van der Waals surface area contributed by atoms with Gasteiger partial charge in [-0.25, -0.2) is 0 Å². The van der Waals surface area contributed by atoms with Crippen LogP contribution in [0.4, 0.5) is 5.69 Å². The maximum Gasteiger partial charge on any atom is 0.251 e. The molecule has 3 heterocycles. The van der Waals surface area contributed by atoms with Crippen LogP contribution < -0.4 is 24.4 Å². The Kier molecular flexibility index (Phi) is 5.99. The number of unbranched alkanes of at least 4 members (excludes halogenated alkanes) is 3. The Morgan fingerprint density at radius 1 is 0.919 bits per heavy atom. The lowest BCUT2D eigenvalue weighted by Crippen LogP contribution is -2.42. The first-order valence-corrected chi connectivity index (χ1v) is 13.0. The van der Waals surface area contributed by atoms with Gasteiger partial charge in [0.05, 0.1) is 6.54 Å². The van der Waals surface area contributed by atoms with Crippen molar-refractivity contribution in [3.05, 3.63) is 82.9 Å². The Hall–Kier alpha value is -4.00. The van der Waals surface area contributed by atoms with E-state index >= 15 is 0 Å². The van der Waals surface area contributed by atoms with Crippen molar-refractivity contribution in [2.45, 2.75) is 44.6 Å². The number of hydrogen-bond acceptors (Lipinski definition) is 5. The molecule has 0 fully saturated rings. The van der Waals surface area contributed by atoms with Gasteiger partial charge in [-0.3, -0.25) is 9.59 Å². The van der Waals surface area contributed by atoms with Gasteiger partial charge in [-0.05, 0) is 35.7 Å². The van der Waals surface area contributed by atoms with Gasteiger partial charge in [0.1, 0.15) is 17.8 Å². The van der Waals surface area contributed by atoms with Crippen molar-refractivity contribution < 1.29 is 23.8 Å². The zero-order valence-electron chi connectivity index (χ0n) is 20.9. The topological polar surface area (TPSA) is 77.1 Å². The van der Waals surface area contributed by atoms with Crippen LogP contribution in [-0.2, 0) is 16.8 Å². The van der Waals surface area contributed by atoms with Gasteiger partial charge >= 0.3 is 0 Å². The molecule has 3 aliphatic rings. The quantitative estimate of drug-likeness (QED) is 0.445. The molecule has 3 aromatic carbocycles. The third-order valence-corrected chi connectivity index (χ3v) is 7.55. The molecule has 1 atom stereocenters. The lowest BCUT2D eigenvalue weighted by atomic mass is 9.77. The van der Waals surface area contributed by atoms with Crippen molar-refractivity contribution in [1.82, 2.24) is 5.32 Å². The van der Waals surface area contributed by atoms with Gasteiger partial charge in [-0.2, -0.15) is 0 Å². The number of carbonyl (C=O) groups is 2. The maximum absolute atomic E-state index is 14.3. The first-order chi connectivity index (χ1) is 18.1. The number of benzene rings is 3. The highest BCUT2D eigenvalue weighted by atomic mass is 16.7. The molecule has 6 rings (SSSR count). The monoisotopic (exact) mass is 498 g/mol. The van der Waals surface area contributed by atoms with E-state index in [1.54, 1.807) is 4.90 Å². The molecule has 0 radical (unpaired) electrons. The molecule has 1 N–H and O–H groups in total. The summed E-state index contributed by atoms with van der Waals surface area (Å²) in [6.07, 6.45) is 4.38. The zero-order valence-corrected chi connectivity index (χ0v) is 20.9. The molecule has 1 unspecified atom stereocenters. The van der Waals surface area contributed by atoms with Crippen LogP contribution in [0, 0.1) is 0 Å². The highest BCUT2D eigenvalue weighted by Crippen LogP contribution is 2.55. The Morgan fingerprint density at radius 3 is 2.57 bits per heavy atom. The molecule has 7 heteroatoms. The zero-order chi connectivity index (χ0) is 25.4. The number of para-hydroxylation sites is 1. The minimum Gasteiger partial charge on any atom is -0.491 e. The summed E-state index contributed by atoms with van der Waals surface area (Å²) < 4.78 is 17.2. The van der Waals surface area contributed by atoms with E-state index in [0.717, 1.165) is 41.6 Å².